The van der Waals surface area contributed by atoms with Crippen LogP contribution in [0.1, 0.15) is 20.9 Å². The Morgan fingerprint density at radius 2 is 1.74 bits per heavy atom. The molecule has 4 rings (SSSR count). The smallest absolute Gasteiger partial charge is 0.254 e. The van der Waals surface area contributed by atoms with Crippen molar-refractivity contribution in [1.82, 2.24) is 9.88 Å². The van der Waals surface area contributed by atoms with Crippen molar-refractivity contribution < 1.29 is 4.79 Å². The molecule has 0 radical (unpaired) electrons. The van der Waals surface area contributed by atoms with E-state index in [1.165, 1.54) is 0 Å². The Bertz CT molecular complexity index is 957. The van der Waals surface area contributed by atoms with E-state index in [4.69, 9.17) is 12.2 Å². The van der Waals surface area contributed by atoms with Gasteiger partial charge in [0.2, 0.25) is 0 Å². The van der Waals surface area contributed by atoms with Crippen LogP contribution in [-0.4, -0.2) is 27.4 Å². The van der Waals surface area contributed by atoms with Crippen molar-refractivity contribution >= 4 is 45.4 Å². The van der Waals surface area contributed by atoms with E-state index < -0.39 is 0 Å². The average Bonchev–Trinajstić information content (AvgIpc) is 3.10. The number of rotatable bonds is 3. The summed E-state index contributed by atoms with van der Waals surface area (Å²) in [6.07, 6.45) is 0.755. The van der Waals surface area contributed by atoms with Gasteiger partial charge >= 0.3 is 0 Å². The molecule has 2 heterocycles. The predicted molar refractivity (Wildman–Crippen MR) is 113 cm³/mol. The highest BCUT2D eigenvalue weighted by atomic mass is 32.1. The lowest BCUT2D eigenvalue weighted by Gasteiger charge is -2.26. The molecule has 1 amide bonds. The molecule has 0 atom stereocenters. The maximum absolute atomic E-state index is 12.7. The minimum Gasteiger partial charge on any atom is -0.333 e. The van der Waals surface area contributed by atoms with Crippen LogP contribution >= 0.6 is 23.6 Å². The normalized spacial score (nSPS) is 13.0. The van der Waals surface area contributed by atoms with Crippen molar-refractivity contribution in [2.24, 2.45) is 0 Å². The maximum atomic E-state index is 12.7. The number of carbonyl (C=O) groups is 1. The molecular formula is C20H18N4OS2. The molecule has 0 unspecified atom stereocenters. The summed E-state index contributed by atoms with van der Waals surface area (Å²) in [7, 11) is 0. The average molecular weight is 395 g/mol. The molecular weight excluding hydrogens is 376 g/mol. The quantitative estimate of drug-likeness (QED) is 0.654. The van der Waals surface area contributed by atoms with E-state index in [2.05, 4.69) is 15.6 Å². The molecule has 0 fully saturated rings. The topological polar surface area (TPSA) is 57.3 Å². The van der Waals surface area contributed by atoms with Crippen molar-refractivity contribution in [2.45, 2.75) is 13.0 Å². The van der Waals surface area contributed by atoms with Crippen molar-refractivity contribution in [2.75, 3.05) is 17.2 Å². The van der Waals surface area contributed by atoms with E-state index in [9.17, 15) is 4.79 Å². The van der Waals surface area contributed by atoms with Gasteiger partial charge in [-0.2, -0.15) is 0 Å². The maximum Gasteiger partial charge on any atom is 0.254 e. The molecule has 0 aliphatic carbocycles. The van der Waals surface area contributed by atoms with Gasteiger partial charge in [-0.1, -0.05) is 47.7 Å². The number of amides is 1. The number of carbonyl (C=O) groups excluding carboxylic acids is 1. The summed E-state index contributed by atoms with van der Waals surface area (Å²) < 4.78 is 0. The second-order valence-electron chi connectivity index (χ2n) is 6.18. The van der Waals surface area contributed by atoms with Gasteiger partial charge in [-0.3, -0.25) is 4.79 Å². The van der Waals surface area contributed by atoms with E-state index in [0.717, 1.165) is 33.4 Å². The first-order valence-electron chi connectivity index (χ1n) is 8.65. The van der Waals surface area contributed by atoms with Crippen LogP contribution in [0.5, 0.6) is 0 Å². The van der Waals surface area contributed by atoms with Gasteiger partial charge in [0.25, 0.3) is 5.91 Å². The summed E-state index contributed by atoms with van der Waals surface area (Å²) >= 11 is 6.91. The molecule has 7 heteroatoms. The van der Waals surface area contributed by atoms with Gasteiger partial charge in [0.1, 0.15) is 0 Å². The Balaban J connectivity index is 1.41. The number of thiazole rings is 1. The van der Waals surface area contributed by atoms with Gasteiger partial charge in [0.15, 0.2) is 10.2 Å². The van der Waals surface area contributed by atoms with Crippen LogP contribution in [0.3, 0.4) is 0 Å². The van der Waals surface area contributed by atoms with Crippen LogP contribution in [-0.2, 0) is 13.0 Å². The molecule has 0 saturated heterocycles. The fraction of sp³-hybridized carbons (Fsp3) is 0.150. The number of anilines is 2. The second kappa shape index (κ2) is 7.85. The number of benzene rings is 2. The summed E-state index contributed by atoms with van der Waals surface area (Å²) in [5.41, 5.74) is 2.69. The monoisotopic (exact) mass is 394 g/mol. The highest BCUT2D eigenvalue weighted by Gasteiger charge is 2.25. The van der Waals surface area contributed by atoms with Crippen LogP contribution in [0.15, 0.2) is 60.7 Å². The Hall–Kier alpha value is -2.77. The van der Waals surface area contributed by atoms with E-state index >= 15 is 0 Å². The fourth-order valence-corrected chi connectivity index (χ4v) is 4.27. The number of hydrogen-bond donors (Lipinski definition) is 2. The molecule has 1 aliphatic heterocycles. The summed E-state index contributed by atoms with van der Waals surface area (Å²) in [6.45, 7) is 1.26. The largest absolute Gasteiger partial charge is 0.333 e. The van der Waals surface area contributed by atoms with Crippen LogP contribution in [0, 0.1) is 0 Å². The molecule has 5 nitrogen and oxygen atoms in total. The SMILES string of the molecule is O=C(c1ccccc1)N1CCc2nc(NC(=S)Nc3ccccc3)sc2C1. The molecule has 1 aromatic heterocycles. The summed E-state index contributed by atoms with van der Waals surface area (Å²) in [6, 6.07) is 19.2. The van der Waals surface area contributed by atoms with Gasteiger partial charge in [0, 0.05) is 29.1 Å². The molecule has 27 heavy (non-hydrogen) atoms. The van der Waals surface area contributed by atoms with Crippen LogP contribution < -0.4 is 10.6 Å². The number of fused-ring (bicyclic) bond motifs is 1. The molecule has 136 valence electrons. The summed E-state index contributed by atoms with van der Waals surface area (Å²) in [5, 5.41) is 7.55. The van der Waals surface area contributed by atoms with Crippen LogP contribution in [0.2, 0.25) is 0 Å². The Kier molecular flexibility index (Phi) is 5.13. The first-order valence-corrected chi connectivity index (χ1v) is 9.87. The first kappa shape index (κ1) is 17.6. The van der Waals surface area contributed by atoms with Crippen molar-refractivity contribution in [3.8, 4) is 0 Å². The highest BCUT2D eigenvalue weighted by Crippen LogP contribution is 2.29. The molecule has 0 spiro atoms. The molecule has 2 aromatic carbocycles. The molecule has 0 saturated carbocycles. The van der Waals surface area contributed by atoms with Gasteiger partial charge < -0.3 is 15.5 Å². The minimum atomic E-state index is 0.0606. The van der Waals surface area contributed by atoms with Crippen LogP contribution in [0.25, 0.3) is 0 Å². The van der Waals surface area contributed by atoms with Gasteiger partial charge in [-0.25, -0.2) is 4.98 Å². The lowest BCUT2D eigenvalue weighted by Crippen LogP contribution is -2.35. The lowest BCUT2D eigenvalue weighted by atomic mass is 10.1. The standard InChI is InChI=1S/C20H18N4OS2/c25-18(14-7-3-1-4-8-14)24-12-11-16-17(13-24)27-20(22-16)23-19(26)21-15-9-5-2-6-10-15/h1-10H,11-13H2,(H2,21,22,23,26). The molecule has 3 aromatic rings. The van der Waals surface area contributed by atoms with Crippen molar-refractivity contribution in [1.29, 1.82) is 0 Å². The van der Waals surface area contributed by atoms with Crippen LogP contribution in [0.4, 0.5) is 10.8 Å². The number of para-hydroxylation sites is 1. The molecule has 2 N–H and O–H groups in total. The third-order valence-corrected chi connectivity index (χ3v) is 5.49. The predicted octanol–water partition coefficient (Wildman–Crippen LogP) is 4.15. The number of nitrogens with zero attached hydrogens (tertiary/aromatic N) is 2. The van der Waals surface area contributed by atoms with Crippen molar-refractivity contribution in [3.05, 3.63) is 76.8 Å². The fourth-order valence-electron chi connectivity index (χ4n) is 2.97. The third-order valence-electron chi connectivity index (χ3n) is 4.29. The summed E-state index contributed by atoms with van der Waals surface area (Å²) in [5.74, 6) is 0.0606. The Labute approximate surface area is 167 Å². The third kappa shape index (κ3) is 4.15. The minimum absolute atomic E-state index is 0.0606. The number of hydrogen-bond acceptors (Lipinski definition) is 4. The second-order valence-corrected chi connectivity index (χ2v) is 7.67. The molecule has 1 aliphatic rings. The first-order chi connectivity index (χ1) is 13.2. The lowest BCUT2D eigenvalue weighted by molar-refractivity contribution is 0.0736. The summed E-state index contributed by atoms with van der Waals surface area (Å²) in [4.78, 5) is 20.3. The zero-order valence-electron chi connectivity index (χ0n) is 14.5. The number of nitrogens with one attached hydrogen (secondary N) is 2. The van der Waals surface area contributed by atoms with E-state index in [1.807, 2.05) is 65.6 Å². The van der Waals surface area contributed by atoms with Gasteiger partial charge in [-0.05, 0) is 36.5 Å². The Morgan fingerprint density at radius 1 is 1.04 bits per heavy atom. The number of thiocarbonyl (C=S) groups is 1. The van der Waals surface area contributed by atoms with Gasteiger partial charge in [0.05, 0.1) is 12.2 Å². The van der Waals surface area contributed by atoms with E-state index in [1.54, 1.807) is 11.3 Å². The molecule has 0 bridgehead atoms. The van der Waals surface area contributed by atoms with E-state index in [0.29, 0.717) is 18.2 Å². The van der Waals surface area contributed by atoms with E-state index in [-0.39, 0.29) is 5.91 Å². The number of aromatic nitrogens is 1. The zero-order valence-corrected chi connectivity index (χ0v) is 16.1. The van der Waals surface area contributed by atoms with Crippen molar-refractivity contribution in [3.63, 3.8) is 0 Å². The zero-order chi connectivity index (χ0) is 18.6. The van der Waals surface area contributed by atoms with Gasteiger partial charge in [-0.15, -0.1) is 0 Å². The highest BCUT2D eigenvalue weighted by molar-refractivity contribution is 7.80. The Morgan fingerprint density at radius 3 is 2.48 bits per heavy atom.